The Bertz CT molecular complexity index is 2710. The van der Waals surface area contributed by atoms with Crippen LogP contribution in [0.2, 0.25) is 23.3 Å². The zero-order valence-corrected chi connectivity index (χ0v) is 61.2. The molecule has 1 aliphatic rings. The number of esters is 4. The third kappa shape index (κ3) is 27.4. The van der Waals surface area contributed by atoms with Gasteiger partial charge >= 0.3 is 41.8 Å². The highest BCUT2D eigenvalue weighted by Gasteiger charge is 2.56. The highest BCUT2D eigenvalue weighted by Crippen LogP contribution is 2.53. The van der Waals surface area contributed by atoms with E-state index >= 15 is 9.59 Å². The molecule has 1 aliphatic heterocycles. The lowest BCUT2D eigenvalue weighted by molar-refractivity contribution is -0.272. The van der Waals surface area contributed by atoms with Crippen LogP contribution in [0, 0.1) is 32.5 Å². The summed E-state index contributed by atoms with van der Waals surface area (Å²) in [6, 6.07) is 4.14. The molecule has 9 N–H and O–H groups in total. The summed E-state index contributed by atoms with van der Waals surface area (Å²) >= 11 is 0. The minimum atomic E-state index is -2.11. The second-order valence-electron chi connectivity index (χ2n) is 28.2. The molecule has 97 heavy (non-hydrogen) atoms. The van der Waals surface area contributed by atoms with Gasteiger partial charge in [0.25, 0.3) is 0 Å². The number of nitrogens with one attached hydrogen (secondary N) is 2. The molecule has 550 valence electrons. The number of aromatic nitrogens is 1. The highest BCUT2D eigenvalue weighted by atomic mass is 33.1. The average Bonchev–Trinajstić information content (AvgIpc) is 0.779. The summed E-state index contributed by atoms with van der Waals surface area (Å²) < 4.78 is 40.4. The number of carbonyl (C=O) groups is 9. The number of unbranched alkanes of at least 4 members (excludes halogenated alkanes) is 1. The van der Waals surface area contributed by atoms with Crippen LogP contribution in [0.5, 0.6) is 0 Å². The van der Waals surface area contributed by atoms with Crippen molar-refractivity contribution >= 4 is 89.7 Å². The summed E-state index contributed by atoms with van der Waals surface area (Å²) in [6.45, 7) is 17.6. The maximum absolute atomic E-state index is 15.2. The van der Waals surface area contributed by atoms with Gasteiger partial charge in [0, 0.05) is 48.0 Å². The van der Waals surface area contributed by atoms with Crippen LogP contribution in [0.15, 0.2) is 29.4 Å². The van der Waals surface area contributed by atoms with Gasteiger partial charge in [0.15, 0.2) is 6.29 Å². The Kier molecular flexibility index (Phi) is 36.6. The van der Waals surface area contributed by atoms with Crippen LogP contribution in [0.25, 0.3) is 0 Å². The van der Waals surface area contributed by atoms with Crippen LogP contribution in [-0.4, -0.2) is 236 Å². The molecule has 31 heteroatoms. The molecule has 1 saturated heterocycles. The fraction of sp³-hybridized carbons (Fsp3) is 0.788. The van der Waals surface area contributed by atoms with E-state index in [-0.39, 0.29) is 90.6 Å². The molecule has 1 aromatic heterocycles. The second-order valence-corrected chi connectivity index (χ2v) is 30.6. The molecule has 2 heterocycles. The van der Waals surface area contributed by atoms with Crippen LogP contribution in [0.4, 0.5) is 0 Å². The van der Waals surface area contributed by atoms with Crippen molar-refractivity contribution in [2.45, 2.75) is 219 Å². The molecule has 27 nitrogen and oxygen atoms in total. The molecule has 2 radical (unpaired) electrons. The Labute approximate surface area is 581 Å². The number of nitrogens with zero attached hydrogens (tertiary/aromatic N) is 2. The molecule has 0 bridgehead atoms. The largest absolute Gasteiger partial charge is 0.481 e. The van der Waals surface area contributed by atoms with E-state index in [1.807, 2.05) is 6.92 Å². The number of hydrogen-bond acceptors (Lipinski definition) is 24. The van der Waals surface area contributed by atoms with Gasteiger partial charge in [0.05, 0.1) is 66.2 Å². The zero-order chi connectivity index (χ0) is 73.8. The number of aliphatic hydroxyl groups is 4. The van der Waals surface area contributed by atoms with Crippen LogP contribution in [-0.2, 0) is 76.3 Å². The number of carboxylic acid groups (broad SMARTS) is 3. The van der Waals surface area contributed by atoms with Crippen molar-refractivity contribution in [2.24, 2.45) is 32.5 Å². The zero-order valence-electron chi connectivity index (χ0n) is 59.6. The molecule has 14 atom stereocenters. The minimum absolute atomic E-state index is 0.0103. The lowest BCUT2D eigenvalue weighted by Crippen LogP contribution is -2.64. The number of aliphatic carboxylic acids is 3. The number of carboxylic acids is 3. The minimum Gasteiger partial charge on any atom is -0.481 e. The van der Waals surface area contributed by atoms with Gasteiger partial charge in [-0.05, 0) is 130 Å². The van der Waals surface area contributed by atoms with Gasteiger partial charge < -0.3 is 84.4 Å². The first kappa shape index (κ1) is 88.0. The summed E-state index contributed by atoms with van der Waals surface area (Å²) in [5.74, 6) is -8.46. The first-order valence-corrected chi connectivity index (χ1v) is 35.4. The standard InChI is InChI=1S/C66H110B2N4O23S2/c1-16-19-26-91-55(85)61(8,36-60(7,23-17-2)53(81)82)38-64(11,57(87)92-27-25-72(14)15)42-67-65(12,54(83)84)40-62(9,56(86)94-32-33-96-97-46-22-20-21-24-69-46)37-63(10,51(78)70-34-43(4)74)41-68-66(13,39-59(6,18-3)52(79)80)58(88)93-31-29-89-28-30-90-50-47(71-44(5)75)49(77)48(76)45(35-73)95-50/h20-22,24,43,45,47-50,73-74,76-77H,16-19,23,25-42H2,1-15H3,(H,70,78)(H,71,75)(H,79,80)(H,81,82)(H,83,84)/t43?,45-,47-,48+,49-,50?,59?,60?,61?,62?,63?,64?,65?,66?/m1/s1. The van der Waals surface area contributed by atoms with E-state index in [9.17, 15) is 69.3 Å². The summed E-state index contributed by atoms with van der Waals surface area (Å²) in [6.07, 6.45) is -6.32. The number of amides is 2. The van der Waals surface area contributed by atoms with E-state index in [2.05, 4.69) is 15.6 Å². The van der Waals surface area contributed by atoms with Crippen molar-refractivity contribution in [3.05, 3.63) is 24.4 Å². The fourth-order valence-corrected chi connectivity index (χ4v) is 13.9. The molecule has 0 aliphatic carbocycles. The number of pyridine rings is 1. The molecule has 0 saturated carbocycles. The van der Waals surface area contributed by atoms with E-state index in [0.29, 0.717) is 24.3 Å². The van der Waals surface area contributed by atoms with Crippen molar-refractivity contribution in [3.63, 3.8) is 0 Å². The molecular formula is C66H110B2N4O23S2. The third-order valence-electron chi connectivity index (χ3n) is 17.9. The molecule has 2 amide bonds. The maximum atomic E-state index is 15.2. The monoisotopic (exact) mass is 1410 g/mol. The van der Waals surface area contributed by atoms with Gasteiger partial charge in [-0.15, -0.1) is 0 Å². The van der Waals surface area contributed by atoms with Crippen LogP contribution in [0.1, 0.15) is 154 Å². The summed E-state index contributed by atoms with van der Waals surface area (Å²) in [5.41, 5.74) is -10.3. The van der Waals surface area contributed by atoms with Gasteiger partial charge in [-0.3, -0.25) is 43.2 Å². The number of ether oxygens (including phenoxy) is 7. The SMILES string of the molecule is CCCCOC(=O)C(C)(CC(C)(CCC)C(=O)O)CC(C)(C[B]C(C)(CC(C)(CC(C)(C[B]C(C)(CC(C)(CC)C(=O)O)C(=O)OCCOCCOC1O[C@H](CO)[C@H](O)[C@H](O)[C@H]1NC(C)=O)C(=O)NCC(C)O)C(=O)OCCSSc1ccccn1)C(=O)O)C(=O)OCCN(C)C. The quantitative estimate of drug-likeness (QED) is 0.0121. The first-order valence-electron chi connectivity index (χ1n) is 33.1. The van der Waals surface area contributed by atoms with Crippen LogP contribution < -0.4 is 10.6 Å². The summed E-state index contributed by atoms with van der Waals surface area (Å²) in [7, 11) is 8.94. The fourth-order valence-electron chi connectivity index (χ4n) is 12.2. The predicted molar refractivity (Wildman–Crippen MR) is 364 cm³/mol. The Balaban J connectivity index is 2.81. The van der Waals surface area contributed by atoms with Gasteiger partial charge in [0.1, 0.15) is 63.8 Å². The molecule has 0 aromatic carbocycles. The van der Waals surface area contributed by atoms with Crippen LogP contribution in [0.3, 0.4) is 0 Å². The highest BCUT2D eigenvalue weighted by molar-refractivity contribution is 8.76. The molecule has 0 spiro atoms. The van der Waals surface area contributed by atoms with Gasteiger partial charge in [-0.25, -0.2) is 4.98 Å². The Morgan fingerprint density at radius 2 is 1.21 bits per heavy atom. The van der Waals surface area contributed by atoms with Gasteiger partial charge in [0.2, 0.25) is 11.8 Å². The molecule has 1 aromatic rings. The van der Waals surface area contributed by atoms with E-state index in [1.54, 1.807) is 57.2 Å². The number of carbonyl (C=O) groups excluding carboxylic acids is 6. The smallest absolute Gasteiger partial charge is 0.311 e. The first-order chi connectivity index (χ1) is 45.1. The number of rotatable bonds is 49. The third-order valence-corrected chi connectivity index (χ3v) is 20.2. The van der Waals surface area contributed by atoms with E-state index < -0.39 is 172 Å². The van der Waals surface area contributed by atoms with E-state index in [4.69, 9.17) is 33.2 Å². The van der Waals surface area contributed by atoms with E-state index in [0.717, 1.165) is 0 Å². The number of likely N-dealkylation sites (N-methyl/N-ethyl adjacent to an activating group) is 1. The van der Waals surface area contributed by atoms with Crippen molar-refractivity contribution in [1.29, 1.82) is 0 Å². The number of hydrogen-bond donors (Lipinski definition) is 9. The maximum Gasteiger partial charge on any atom is 0.311 e. The van der Waals surface area contributed by atoms with Gasteiger partial charge in [-0.1, -0.05) is 83.9 Å². The Morgan fingerprint density at radius 1 is 0.660 bits per heavy atom. The van der Waals surface area contributed by atoms with Crippen molar-refractivity contribution < 1.29 is 112 Å². The summed E-state index contributed by atoms with van der Waals surface area (Å²) in [5, 5.41) is 75.9. The van der Waals surface area contributed by atoms with Crippen LogP contribution >= 0.6 is 21.6 Å². The molecular weight excluding hydrogens is 1300 g/mol. The molecule has 2 rings (SSSR count). The lowest BCUT2D eigenvalue weighted by Gasteiger charge is -2.43. The normalized spacial score (nSPS) is 21.7. The Morgan fingerprint density at radius 3 is 1.75 bits per heavy atom. The average molecular weight is 1410 g/mol. The van der Waals surface area contributed by atoms with Crippen molar-refractivity contribution in [2.75, 3.05) is 85.8 Å². The Hall–Kier alpha value is -5.11. The van der Waals surface area contributed by atoms with E-state index in [1.165, 1.54) is 105 Å². The number of aliphatic hydroxyl groups excluding tert-OH is 4. The van der Waals surface area contributed by atoms with Gasteiger partial charge in [-0.2, -0.15) is 0 Å². The lowest BCUT2D eigenvalue weighted by atomic mass is 9.41. The molecule has 10 unspecified atom stereocenters. The second kappa shape index (κ2) is 40.4. The van der Waals surface area contributed by atoms with Crippen molar-refractivity contribution in [3.8, 4) is 0 Å². The molecule has 1 fully saturated rings. The van der Waals surface area contributed by atoms with Crippen molar-refractivity contribution in [1.82, 2.24) is 20.5 Å². The predicted octanol–water partition coefficient (Wildman–Crippen LogP) is 5.88. The topological polar surface area (TPSA) is 400 Å². The summed E-state index contributed by atoms with van der Waals surface area (Å²) in [4.78, 5) is 132.